The van der Waals surface area contributed by atoms with Crippen LogP contribution in [0, 0.1) is 5.82 Å². The number of benzene rings is 1. The van der Waals surface area contributed by atoms with Crippen LogP contribution in [0.15, 0.2) is 24.3 Å². The first-order chi connectivity index (χ1) is 10.1. The normalized spacial score (nSPS) is 19.0. The van der Waals surface area contributed by atoms with Gasteiger partial charge in [-0.15, -0.1) is 0 Å². The molecule has 1 saturated heterocycles. The van der Waals surface area contributed by atoms with Gasteiger partial charge in [-0.2, -0.15) is 0 Å². The Morgan fingerprint density at radius 2 is 2.14 bits per heavy atom. The topological polar surface area (TPSA) is 64.6 Å². The lowest BCUT2D eigenvalue weighted by atomic mass is 10.0. The van der Waals surface area contributed by atoms with Crippen LogP contribution < -0.4 is 5.32 Å². The quantitative estimate of drug-likeness (QED) is 0.840. The second-order valence-electron chi connectivity index (χ2n) is 4.89. The molecule has 0 bridgehead atoms. The molecule has 0 radical (unpaired) electrons. The van der Waals surface area contributed by atoms with Gasteiger partial charge < -0.3 is 14.8 Å². The van der Waals surface area contributed by atoms with E-state index in [2.05, 4.69) is 10.1 Å². The first-order valence-electron chi connectivity index (χ1n) is 6.84. The van der Waals surface area contributed by atoms with Crippen LogP contribution in [0.25, 0.3) is 0 Å². The molecule has 1 aliphatic rings. The molecule has 21 heavy (non-hydrogen) atoms. The van der Waals surface area contributed by atoms with Crippen molar-refractivity contribution in [2.75, 3.05) is 13.7 Å². The minimum Gasteiger partial charge on any atom is -0.469 e. The minimum absolute atomic E-state index is 0.0133. The van der Waals surface area contributed by atoms with Crippen LogP contribution >= 0.6 is 0 Å². The van der Waals surface area contributed by atoms with E-state index in [1.807, 2.05) is 0 Å². The van der Waals surface area contributed by atoms with Gasteiger partial charge in [0.2, 0.25) is 5.91 Å². The molecule has 0 aliphatic carbocycles. The van der Waals surface area contributed by atoms with E-state index in [9.17, 15) is 14.0 Å². The lowest BCUT2D eigenvalue weighted by Gasteiger charge is -2.20. The van der Waals surface area contributed by atoms with E-state index in [1.165, 1.54) is 19.2 Å². The number of ether oxygens (including phenoxy) is 2. The number of nitrogens with one attached hydrogen (secondary N) is 1. The predicted octanol–water partition coefficient (Wildman–Crippen LogP) is 1.73. The average molecular weight is 295 g/mol. The van der Waals surface area contributed by atoms with Crippen LogP contribution in [0.5, 0.6) is 0 Å². The molecule has 1 heterocycles. The van der Waals surface area contributed by atoms with Crippen molar-refractivity contribution in [1.29, 1.82) is 0 Å². The molecule has 0 spiro atoms. The van der Waals surface area contributed by atoms with Crippen molar-refractivity contribution in [2.45, 2.75) is 31.4 Å². The zero-order valence-corrected chi connectivity index (χ0v) is 11.8. The molecule has 2 rings (SSSR count). The third-order valence-corrected chi connectivity index (χ3v) is 3.41. The van der Waals surface area contributed by atoms with Crippen LogP contribution in [0.3, 0.4) is 0 Å². The molecule has 1 aromatic carbocycles. The number of methoxy groups -OCH3 is 1. The van der Waals surface area contributed by atoms with E-state index in [4.69, 9.17) is 4.74 Å². The predicted molar refractivity (Wildman–Crippen MR) is 72.9 cm³/mol. The SMILES string of the molecule is COC(=O)C[C@H](NC(=O)[C@@H]1CCCO1)c1ccc(F)cc1. The number of hydrogen-bond donors (Lipinski definition) is 1. The molecule has 1 aliphatic heterocycles. The third-order valence-electron chi connectivity index (χ3n) is 3.41. The second-order valence-corrected chi connectivity index (χ2v) is 4.89. The Morgan fingerprint density at radius 3 is 2.71 bits per heavy atom. The first-order valence-corrected chi connectivity index (χ1v) is 6.84. The van der Waals surface area contributed by atoms with Gasteiger partial charge in [0.25, 0.3) is 0 Å². The largest absolute Gasteiger partial charge is 0.469 e. The van der Waals surface area contributed by atoms with Gasteiger partial charge in [-0.25, -0.2) is 4.39 Å². The summed E-state index contributed by atoms with van der Waals surface area (Å²) in [5.74, 6) is -1.08. The maximum absolute atomic E-state index is 13.0. The van der Waals surface area contributed by atoms with Gasteiger partial charge in [0, 0.05) is 6.61 Å². The maximum Gasteiger partial charge on any atom is 0.307 e. The molecule has 5 nitrogen and oxygen atoms in total. The molecule has 1 N–H and O–H groups in total. The monoisotopic (exact) mass is 295 g/mol. The molecule has 2 atom stereocenters. The summed E-state index contributed by atoms with van der Waals surface area (Å²) in [6, 6.07) is 5.10. The smallest absolute Gasteiger partial charge is 0.307 e. The van der Waals surface area contributed by atoms with Gasteiger partial charge in [0.05, 0.1) is 19.6 Å². The Hall–Kier alpha value is -1.95. The molecule has 1 amide bonds. The fourth-order valence-corrected chi connectivity index (χ4v) is 2.25. The summed E-state index contributed by atoms with van der Waals surface area (Å²) in [6.45, 7) is 0.566. The van der Waals surface area contributed by atoms with Gasteiger partial charge in [0.15, 0.2) is 0 Å². The standard InChI is InChI=1S/C15H18FNO4/c1-20-14(18)9-12(10-4-6-11(16)7-5-10)17-15(19)13-3-2-8-21-13/h4-7,12-13H,2-3,8-9H2,1H3,(H,17,19)/t12-,13-/m0/s1. The van der Waals surface area contributed by atoms with E-state index in [0.29, 0.717) is 18.6 Å². The summed E-state index contributed by atoms with van der Waals surface area (Å²) in [5, 5.41) is 2.77. The molecule has 0 aromatic heterocycles. The molecule has 1 fully saturated rings. The summed E-state index contributed by atoms with van der Waals surface area (Å²) < 4.78 is 22.9. The molecular weight excluding hydrogens is 277 g/mol. The highest BCUT2D eigenvalue weighted by Crippen LogP contribution is 2.20. The number of halogens is 1. The van der Waals surface area contributed by atoms with Crippen LogP contribution in [0.1, 0.15) is 30.9 Å². The van der Waals surface area contributed by atoms with Gasteiger partial charge in [0.1, 0.15) is 11.9 Å². The molecule has 0 unspecified atom stereocenters. The van der Waals surface area contributed by atoms with E-state index < -0.39 is 18.1 Å². The van der Waals surface area contributed by atoms with Crippen LogP contribution in [0.2, 0.25) is 0 Å². The Labute approximate surface area is 122 Å². The van der Waals surface area contributed by atoms with E-state index in [1.54, 1.807) is 12.1 Å². The van der Waals surface area contributed by atoms with Crippen molar-refractivity contribution in [3.05, 3.63) is 35.6 Å². The highest BCUT2D eigenvalue weighted by atomic mass is 19.1. The van der Waals surface area contributed by atoms with Crippen LogP contribution in [-0.4, -0.2) is 31.7 Å². The van der Waals surface area contributed by atoms with E-state index in [0.717, 1.165) is 6.42 Å². The van der Waals surface area contributed by atoms with Crippen molar-refractivity contribution in [3.8, 4) is 0 Å². The summed E-state index contributed by atoms with van der Waals surface area (Å²) >= 11 is 0. The third kappa shape index (κ3) is 4.26. The Bertz CT molecular complexity index is 497. The number of carbonyl (C=O) groups excluding carboxylic acids is 2. The summed E-state index contributed by atoms with van der Waals surface area (Å²) in [7, 11) is 1.28. The Kier molecular flexibility index (Phi) is 5.27. The molecule has 1 aromatic rings. The molecule has 6 heteroatoms. The van der Waals surface area contributed by atoms with Crippen molar-refractivity contribution in [2.24, 2.45) is 0 Å². The Balaban J connectivity index is 2.09. The second kappa shape index (κ2) is 7.17. The highest BCUT2D eigenvalue weighted by molar-refractivity contribution is 5.82. The minimum atomic E-state index is -0.560. The van der Waals surface area contributed by atoms with Gasteiger partial charge in [-0.1, -0.05) is 12.1 Å². The lowest BCUT2D eigenvalue weighted by Crippen LogP contribution is -2.37. The van der Waals surface area contributed by atoms with Crippen LogP contribution in [-0.2, 0) is 19.1 Å². The number of esters is 1. The number of rotatable bonds is 5. The average Bonchev–Trinajstić information content (AvgIpc) is 3.01. The van der Waals surface area contributed by atoms with Crippen LogP contribution in [0.4, 0.5) is 4.39 Å². The summed E-state index contributed by atoms with van der Waals surface area (Å²) in [5.41, 5.74) is 0.646. The first kappa shape index (κ1) is 15.4. The molecule has 114 valence electrons. The summed E-state index contributed by atoms with van der Waals surface area (Å²) in [6.07, 6.45) is 1.02. The summed E-state index contributed by atoms with van der Waals surface area (Å²) in [4.78, 5) is 23.6. The number of carbonyl (C=O) groups is 2. The van der Waals surface area contributed by atoms with E-state index >= 15 is 0 Å². The lowest BCUT2D eigenvalue weighted by molar-refractivity contribution is -0.141. The van der Waals surface area contributed by atoms with Crippen molar-refractivity contribution in [1.82, 2.24) is 5.32 Å². The van der Waals surface area contributed by atoms with Gasteiger partial charge >= 0.3 is 5.97 Å². The van der Waals surface area contributed by atoms with E-state index in [-0.39, 0.29) is 18.1 Å². The van der Waals surface area contributed by atoms with Gasteiger partial charge in [-0.3, -0.25) is 9.59 Å². The zero-order chi connectivity index (χ0) is 15.2. The van der Waals surface area contributed by atoms with Crippen molar-refractivity contribution < 1.29 is 23.5 Å². The maximum atomic E-state index is 13.0. The molecular formula is C15H18FNO4. The fourth-order valence-electron chi connectivity index (χ4n) is 2.25. The van der Waals surface area contributed by atoms with Crippen molar-refractivity contribution in [3.63, 3.8) is 0 Å². The van der Waals surface area contributed by atoms with Crippen molar-refractivity contribution >= 4 is 11.9 Å². The number of hydrogen-bond acceptors (Lipinski definition) is 4. The highest BCUT2D eigenvalue weighted by Gasteiger charge is 2.27. The fraction of sp³-hybridized carbons (Fsp3) is 0.467. The molecule has 0 saturated carbocycles. The van der Waals surface area contributed by atoms with Gasteiger partial charge in [-0.05, 0) is 30.5 Å². The Morgan fingerprint density at radius 1 is 1.43 bits per heavy atom. The zero-order valence-electron chi connectivity index (χ0n) is 11.8. The number of amides is 1.